The highest BCUT2D eigenvalue weighted by Crippen LogP contribution is 2.47. The molecule has 0 N–H and O–H groups in total. The van der Waals surface area contributed by atoms with Gasteiger partial charge in [-0.15, -0.1) is 24.8 Å². The molecule has 0 radical (unpaired) electrons. The maximum absolute atomic E-state index is 13.5. The molecule has 0 saturated carbocycles. The quantitative estimate of drug-likeness (QED) is 0.127. The van der Waals surface area contributed by atoms with Gasteiger partial charge in [-0.1, -0.05) is 81.5 Å². The van der Waals surface area contributed by atoms with E-state index in [4.69, 9.17) is 4.74 Å². The van der Waals surface area contributed by atoms with E-state index in [1.165, 1.54) is 56.0 Å². The lowest BCUT2D eigenvalue weighted by molar-refractivity contribution is -0.144. The number of piperazine rings is 1. The minimum Gasteiger partial charge on any atom is -0.464 e. The molecular weight excluding hydrogens is 616 g/mol. The third kappa shape index (κ3) is 11.6. The SMILES string of the molecule is CCCCCCCCCC(=O)OCCN1CCN(CCC=C2c3ccccc3Sc3ccc(C(F)(F)F)cc32)CC1.Cl.Cl. The van der Waals surface area contributed by atoms with Crippen LogP contribution >= 0.6 is 36.6 Å². The predicted octanol–water partition coefficient (Wildman–Crippen LogP) is 9.14. The van der Waals surface area contributed by atoms with Crippen LogP contribution in [0.3, 0.4) is 0 Å². The maximum atomic E-state index is 13.5. The molecule has 2 aliphatic heterocycles. The summed E-state index contributed by atoms with van der Waals surface area (Å²) in [6, 6.07) is 12.0. The van der Waals surface area contributed by atoms with E-state index in [0.29, 0.717) is 18.6 Å². The molecule has 0 unspecified atom stereocenters. The van der Waals surface area contributed by atoms with Crippen molar-refractivity contribution in [3.05, 3.63) is 65.2 Å². The van der Waals surface area contributed by atoms with Gasteiger partial charge in [-0.2, -0.15) is 13.2 Å². The molecule has 240 valence electrons. The predicted molar refractivity (Wildman–Crippen MR) is 175 cm³/mol. The fourth-order valence-corrected chi connectivity index (χ4v) is 6.57. The van der Waals surface area contributed by atoms with Crippen LogP contribution in [0.5, 0.6) is 0 Å². The number of esters is 1. The zero-order chi connectivity index (χ0) is 29.1. The number of carbonyl (C=O) groups is 1. The van der Waals surface area contributed by atoms with Crippen molar-refractivity contribution in [2.45, 2.75) is 80.7 Å². The number of halogens is 5. The number of alkyl halides is 3. The van der Waals surface area contributed by atoms with E-state index in [-0.39, 0.29) is 30.8 Å². The third-order valence-electron chi connectivity index (χ3n) is 7.91. The van der Waals surface area contributed by atoms with Crippen LogP contribution < -0.4 is 0 Å². The molecule has 0 amide bonds. The second kappa shape index (κ2) is 18.9. The van der Waals surface area contributed by atoms with Crippen LogP contribution in [0.2, 0.25) is 0 Å². The number of hydrogen-bond acceptors (Lipinski definition) is 5. The average Bonchev–Trinajstić information content (AvgIpc) is 2.96. The largest absolute Gasteiger partial charge is 0.464 e. The normalized spacial score (nSPS) is 16.1. The fourth-order valence-electron chi connectivity index (χ4n) is 5.48. The minimum atomic E-state index is -4.37. The molecule has 1 fully saturated rings. The van der Waals surface area contributed by atoms with Crippen LogP contribution in [0.15, 0.2) is 58.3 Å². The maximum Gasteiger partial charge on any atom is 0.416 e. The number of ether oxygens (including phenoxy) is 1. The summed E-state index contributed by atoms with van der Waals surface area (Å²) in [5.41, 5.74) is 1.93. The summed E-state index contributed by atoms with van der Waals surface area (Å²) in [5, 5.41) is 0. The lowest BCUT2D eigenvalue weighted by Crippen LogP contribution is -2.47. The van der Waals surface area contributed by atoms with Gasteiger partial charge < -0.3 is 9.64 Å². The smallest absolute Gasteiger partial charge is 0.416 e. The molecule has 0 spiro atoms. The number of hydrogen-bond donors (Lipinski definition) is 0. The van der Waals surface area contributed by atoms with E-state index < -0.39 is 11.7 Å². The number of nitrogens with zero attached hydrogens (tertiary/aromatic N) is 2. The van der Waals surface area contributed by atoms with E-state index in [2.05, 4.69) is 22.8 Å². The first-order chi connectivity index (χ1) is 19.8. The van der Waals surface area contributed by atoms with Crippen molar-refractivity contribution >= 4 is 48.1 Å². The first-order valence-corrected chi connectivity index (χ1v) is 16.0. The molecule has 1 saturated heterocycles. The Morgan fingerprint density at radius 3 is 2.19 bits per heavy atom. The Kier molecular flexibility index (Phi) is 16.5. The second-order valence-electron chi connectivity index (χ2n) is 11.0. The molecule has 2 aromatic carbocycles. The molecule has 0 aliphatic carbocycles. The van der Waals surface area contributed by atoms with Gasteiger partial charge in [-0.3, -0.25) is 9.69 Å². The summed E-state index contributed by atoms with van der Waals surface area (Å²) >= 11 is 1.53. The molecule has 2 heterocycles. The first-order valence-electron chi connectivity index (χ1n) is 15.1. The molecule has 0 aromatic heterocycles. The molecular formula is C33H45Cl2F3N2O2S. The van der Waals surface area contributed by atoms with Crippen LogP contribution in [-0.2, 0) is 15.7 Å². The lowest BCUT2D eigenvalue weighted by Gasteiger charge is -2.34. The zero-order valence-electron chi connectivity index (χ0n) is 25.0. The molecule has 10 heteroatoms. The monoisotopic (exact) mass is 660 g/mol. The van der Waals surface area contributed by atoms with Crippen LogP contribution in [-0.4, -0.2) is 61.6 Å². The Hall–Kier alpha value is -1.71. The Bertz CT molecular complexity index is 1170. The van der Waals surface area contributed by atoms with Crippen molar-refractivity contribution in [1.82, 2.24) is 9.80 Å². The Morgan fingerprint density at radius 2 is 1.49 bits per heavy atom. The Labute approximate surface area is 271 Å². The summed E-state index contributed by atoms with van der Waals surface area (Å²) in [7, 11) is 0. The summed E-state index contributed by atoms with van der Waals surface area (Å²) in [4.78, 5) is 18.7. The van der Waals surface area contributed by atoms with Crippen molar-refractivity contribution in [3.8, 4) is 0 Å². The van der Waals surface area contributed by atoms with E-state index in [1.807, 2.05) is 24.3 Å². The Morgan fingerprint density at radius 1 is 0.860 bits per heavy atom. The van der Waals surface area contributed by atoms with Crippen molar-refractivity contribution in [2.24, 2.45) is 0 Å². The van der Waals surface area contributed by atoms with Crippen LogP contribution in [0.4, 0.5) is 13.2 Å². The first kappa shape index (κ1) is 37.5. The van der Waals surface area contributed by atoms with E-state index in [0.717, 1.165) is 79.5 Å². The van der Waals surface area contributed by atoms with Crippen molar-refractivity contribution < 1.29 is 22.7 Å². The average molecular weight is 662 g/mol. The third-order valence-corrected chi connectivity index (χ3v) is 9.06. The second-order valence-corrected chi connectivity index (χ2v) is 12.1. The highest BCUT2D eigenvalue weighted by Gasteiger charge is 2.32. The highest BCUT2D eigenvalue weighted by molar-refractivity contribution is 7.99. The topological polar surface area (TPSA) is 32.8 Å². The number of rotatable bonds is 14. The summed E-state index contributed by atoms with van der Waals surface area (Å²) in [5.74, 6) is -0.0863. The van der Waals surface area contributed by atoms with E-state index in [9.17, 15) is 18.0 Å². The van der Waals surface area contributed by atoms with Crippen molar-refractivity contribution in [2.75, 3.05) is 45.9 Å². The van der Waals surface area contributed by atoms with Crippen molar-refractivity contribution in [3.63, 3.8) is 0 Å². The molecule has 2 aromatic rings. The van der Waals surface area contributed by atoms with Crippen LogP contribution in [0.1, 0.15) is 81.4 Å². The molecule has 2 aliphatic rings. The van der Waals surface area contributed by atoms with Gasteiger partial charge in [-0.05, 0) is 53.8 Å². The number of carbonyl (C=O) groups excluding carboxylic acids is 1. The molecule has 4 nitrogen and oxygen atoms in total. The van der Waals surface area contributed by atoms with Gasteiger partial charge >= 0.3 is 12.1 Å². The summed E-state index contributed by atoms with van der Waals surface area (Å²) < 4.78 is 45.9. The van der Waals surface area contributed by atoms with Gasteiger partial charge in [0.2, 0.25) is 0 Å². The van der Waals surface area contributed by atoms with Gasteiger partial charge in [0.25, 0.3) is 0 Å². The Balaban J connectivity index is 0.00000323. The van der Waals surface area contributed by atoms with E-state index in [1.54, 1.807) is 6.07 Å². The summed E-state index contributed by atoms with van der Waals surface area (Å²) in [6.07, 6.45) is 7.34. The number of benzene rings is 2. The number of unbranched alkanes of at least 4 members (excludes halogenated alkanes) is 6. The van der Waals surface area contributed by atoms with Crippen LogP contribution in [0, 0.1) is 0 Å². The van der Waals surface area contributed by atoms with Crippen molar-refractivity contribution in [1.29, 1.82) is 0 Å². The minimum absolute atomic E-state index is 0. The standard InChI is InChI=1S/C33H43F3N2O2S.2ClH/c1-2-3-4-5-6-7-8-15-32(39)40-24-23-38-21-19-37(20-22-38)18-11-13-27-28-12-9-10-14-30(28)41-31-17-16-26(25-29(27)31)33(34,35)36;;/h9-10,12-14,16-17,25H,2-8,11,15,18-24H2,1H3;2*1H. The molecule has 43 heavy (non-hydrogen) atoms. The summed E-state index contributed by atoms with van der Waals surface area (Å²) in [6.45, 7) is 7.97. The molecule has 4 rings (SSSR count). The van der Waals surface area contributed by atoms with Crippen LogP contribution in [0.25, 0.3) is 5.57 Å². The molecule has 0 bridgehead atoms. The van der Waals surface area contributed by atoms with Gasteiger partial charge in [0, 0.05) is 55.5 Å². The van der Waals surface area contributed by atoms with E-state index >= 15 is 0 Å². The van der Waals surface area contributed by atoms with Gasteiger partial charge in [0.15, 0.2) is 0 Å². The molecule has 0 atom stereocenters. The lowest BCUT2D eigenvalue weighted by atomic mass is 9.94. The van der Waals surface area contributed by atoms with Gasteiger partial charge in [0.1, 0.15) is 6.61 Å². The number of fused-ring (bicyclic) bond motifs is 2. The highest BCUT2D eigenvalue weighted by atomic mass is 35.5. The zero-order valence-corrected chi connectivity index (χ0v) is 27.5. The fraction of sp³-hybridized carbons (Fsp3) is 0.545. The van der Waals surface area contributed by atoms with Gasteiger partial charge in [-0.25, -0.2) is 0 Å². The van der Waals surface area contributed by atoms with Gasteiger partial charge in [0.05, 0.1) is 5.56 Å².